The smallest absolute Gasteiger partial charge is 0.405 e. The summed E-state index contributed by atoms with van der Waals surface area (Å²) in [5.74, 6) is -0.735. The molecule has 1 aliphatic heterocycles. The maximum Gasteiger partial charge on any atom is 0.405 e. The standard InChI is InChI=1S/C15H20F3N3O3/c16-15(17,18)10-20-14(23)11-3-1-5-21(8-11)9-13(22)19-7-12-4-2-6-24-12/h2,4,6,11H,1,3,5,7-10H2,(H,19,22)(H,20,23). The van der Waals surface area contributed by atoms with Crippen LogP contribution in [0.1, 0.15) is 18.6 Å². The first kappa shape index (κ1) is 18.3. The summed E-state index contributed by atoms with van der Waals surface area (Å²) in [5.41, 5.74) is 0. The van der Waals surface area contributed by atoms with Gasteiger partial charge in [-0.3, -0.25) is 14.5 Å². The van der Waals surface area contributed by atoms with Gasteiger partial charge in [0.2, 0.25) is 11.8 Å². The zero-order chi connectivity index (χ0) is 17.6. The SMILES string of the molecule is O=C(CN1CCCC(C(=O)NCC(F)(F)F)C1)NCc1ccco1. The highest BCUT2D eigenvalue weighted by Crippen LogP contribution is 2.18. The van der Waals surface area contributed by atoms with Crippen molar-refractivity contribution < 1.29 is 27.2 Å². The van der Waals surface area contributed by atoms with Gasteiger partial charge in [-0.15, -0.1) is 0 Å². The Morgan fingerprint density at radius 3 is 2.79 bits per heavy atom. The summed E-state index contributed by atoms with van der Waals surface area (Å²) in [6, 6.07) is 3.46. The van der Waals surface area contributed by atoms with Crippen LogP contribution in [-0.2, 0) is 16.1 Å². The van der Waals surface area contributed by atoms with E-state index in [9.17, 15) is 22.8 Å². The maximum absolute atomic E-state index is 12.1. The molecule has 1 unspecified atom stereocenters. The van der Waals surface area contributed by atoms with Crippen molar-refractivity contribution in [2.45, 2.75) is 25.6 Å². The molecule has 1 fully saturated rings. The van der Waals surface area contributed by atoms with E-state index in [1.54, 1.807) is 17.0 Å². The van der Waals surface area contributed by atoms with Gasteiger partial charge in [-0.25, -0.2) is 0 Å². The van der Waals surface area contributed by atoms with E-state index in [-0.39, 0.29) is 25.5 Å². The average Bonchev–Trinajstić information content (AvgIpc) is 3.03. The van der Waals surface area contributed by atoms with Crippen molar-refractivity contribution in [3.8, 4) is 0 Å². The van der Waals surface area contributed by atoms with Crippen LogP contribution < -0.4 is 10.6 Å². The average molecular weight is 347 g/mol. The van der Waals surface area contributed by atoms with Crippen LogP contribution in [0.25, 0.3) is 0 Å². The summed E-state index contributed by atoms with van der Waals surface area (Å²) in [7, 11) is 0. The lowest BCUT2D eigenvalue weighted by Crippen LogP contribution is -2.47. The number of halogens is 3. The highest BCUT2D eigenvalue weighted by atomic mass is 19.4. The molecule has 0 aliphatic carbocycles. The van der Waals surface area contributed by atoms with Crippen molar-refractivity contribution in [1.82, 2.24) is 15.5 Å². The number of nitrogens with one attached hydrogen (secondary N) is 2. The fraction of sp³-hybridized carbons (Fsp3) is 0.600. The predicted molar refractivity (Wildman–Crippen MR) is 78.8 cm³/mol. The summed E-state index contributed by atoms with van der Waals surface area (Å²) in [4.78, 5) is 25.5. The van der Waals surface area contributed by atoms with Crippen LogP contribution >= 0.6 is 0 Å². The number of furan rings is 1. The van der Waals surface area contributed by atoms with E-state index in [1.807, 2.05) is 5.32 Å². The van der Waals surface area contributed by atoms with Crippen molar-refractivity contribution in [2.75, 3.05) is 26.2 Å². The third-order valence-electron chi connectivity index (χ3n) is 3.75. The van der Waals surface area contributed by atoms with Crippen LogP contribution in [0.2, 0.25) is 0 Å². The van der Waals surface area contributed by atoms with Gasteiger partial charge in [0.05, 0.1) is 25.3 Å². The Bertz CT molecular complexity index is 546. The Hall–Kier alpha value is -2.03. The van der Waals surface area contributed by atoms with E-state index in [2.05, 4.69) is 5.32 Å². The van der Waals surface area contributed by atoms with E-state index < -0.39 is 24.5 Å². The normalized spacial score (nSPS) is 19.0. The van der Waals surface area contributed by atoms with Crippen molar-refractivity contribution in [3.05, 3.63) is 24.2 Å². The van der Waals surface area contributed by atoms with Gasteiger partial charge in [0.15, 0.2) is 0 Å². The molecule has 1 aliphatic rings. The molecule has 9 heteroatoms. The number of nitrogens with zero attached hydrogens (tertiary/aromatic N) is 1. The van der Waals surface area contributed by atoms with E-state index in [0.717, 1.165) is 0 Å². The van der Waals surface area contributed by atoms with Crippen LogP contribution in [0.5, 0.6) is 0 Å². The Kier molecular flexibility index (Phi) is 6.24. The second-order valence-electron chi connectivity index (χ2n) is 5.76. The molecule has 2 amide bonds. The Labute approximate surface area is 137 Å². The lowest BCUT2D eigenvalue weighted by atomic mass is 9.97. The van der Waals surface area contributed by atoms with E-state index in [4.69, 9.17) is 4.42 Å². The van der Waals surface area contributed by atoms with Gasteiger partial charge in [-0.2, -0.15) is 13.2 Å². The van der Waals surface area contributed by atoms with Crippen molar-refractivity contribution >= 4 is 11.8 Å². The highest BCUT2D eigenvalue weighted by Gasteiger charge is 2.31. The summed E-state index contributed by atoms with van der Waals surface area (Å²) in [6.45, 7) is -0.0417. The first-order chi connectivity index (χ1) is 11.3. The number of amides is 2. The first-order valence-corrected chi connectivity index (χ1v) is 7.69. The number of hydrogen-bond donors (Lipinski definition) is 2. The summed E-state index contributed by atoms with van der Waals surface area (Å²) in [5, 5.41) is 4.60. The highest BCUT2D eigenvalue weighted by molar-refractivity contribution is 5.80. The predicted octanol–water partition coefficient (Wildman–Crippen LogP) is 1.29. The minimum Gasteiger partial charge on any atom is -0.467 e. The number of rotatable bonds is 6. The number of hydrogen-bond acceptors (Lipinski definition) is 4. The molecule has 2 heterocycles. The van der Waals surface area contributed by atoms with Crippen molar-refractivity contribution in [2.24, 2.45) is 5.92 Å². The minimum atomic E-state index is -4.42. The van der Waals surface area contributed by atoms with Crippen LogP contribution in [0, 0.1) is 5.92 Å². The molecular formula is C15H20F3N3O3. The van der Waals surface area contributed by atoms with Crippen LogP contribution in [-0.4, -0.2) is 49.1 Å². The van der Waals surface area contributed by atoms with Gasteiger partial charge in [0, 0.05) is 6.54 Å². The van der Waals surface area contributed by atoms with E-state index in [0.29, 0.717) is 25.1 Å². The van der Waals surface area contributed by atoms with Crippen molar-refractivity contribution in [1.29, 1.82) is 0 Å². The Morgan fingerprint density at radius 2 is 2.12 bits per heavy atom. The fourth-order valence-electron chi connectivity index (χ4n) is 2.60. The minimum absolute atomic E-state index is 0.101. The lowest BCUT2D eigenvalue weighted by Gasteiger charge is -2.31. The number of likely N-dealkylation sites (tertiary alicyclic amines) is 1. The molecule has 1 aromatic rings. The number of piperidine rings is 1. The van der Waals surface area contributed by atoms with E-state index in [1.165, 1.54) is 6.26 Å². The largest absolute Gasteiger partial charge is 0.467 e. The van der Waals surface area contributed by atoms with Gasteiger partial charge in [-0.1, -0.05) is 0 Å². The Morgan fingerprint density at radius 1 is 1.33 bits per heavy atom. The monoisotopic (exact) mass is 347 g/mol. The molecule has 0 saturated carbocycles. The second kappa shape index (κ2) is 8.18. The molecule has 2 N–H and O–H groups in total. The molecule has 1 atom stereocenters. The molecular weight excluding hydrogens is 327 g/mol. The van der Waals surface area contributed by atoms with Gasteiger partial charge in [0.25, 0.3) is 0 Å². The molecule has 0 aromatic carbocycles. The third kappa shape index (κ3) is 6.23. The molecule has 2 rings (SSSR count). The first-order valence-electron chi connectivity index (χ1n) is 7.69. The second-order valence-corrected chi connectivity index (χ2v) is 5.76. The van der Waals surface area contributed by atoms with Crippen molar-refractivity contribution in [3.63, 3.8) is 0 Å². The molecule has 0 spiro atoms. The fourth-order valence-corrected chi connectivity index (χ4v) is 2.60. The van der Waals surface area contributed by atoms with Gasteiger partial charge in [-0.05, 0) is 31.5 Å². The zero-order valence-corrected chi connectivity index (χ0v) is 13.1. The quantitative estimate of drug-likeness (QED) is 0.813. The Balaban J connectivity index is 1.73. The maximum atomic E-state index is 12.1. The third-order valence-corrected chi connectivity index (χ3v) is 3.75. The van der Waals surface area contributed by atoms with Crippen LogP contribution in [0.3, 0.4) is 0 Å². The molecule has 1 aromatic heterocycles. The van der Waals surface area contributed by atoms with E-state index >= 15 is 0 Å². The van der Waals surface area contributed by atoms with Gasteiger partial charge in [0.1, 0.15) is 12.3 Å². The number of carbonyl (C=O) groups excluding carboxylic acids is 2. The molecule has 0 bridgehead atoms. The molecule has 6 nitrogen and oxygen atoms in total. The van der Waals surface area contributed by atoms with Crippen LogP contribution in [0.15, 0.2) is 22.8 Å². The zero-order valence-electron chi connectivity index (χ0n) is 13.1. The van der Waals surface area contributed by atoms with Gasteiger partial charge >= 0.3 is 6.18 Å². The lowest BCUT2D eigenvalue weighted by molar-refractivity contribution is -0.142. The molecule has 0 radical (unpaired) electrons. The summed E-state index contributed by atoms with van der Waals surface area (Å²) in [6.07, 6.45) is -1.73. The summed E-state index contributed by atoms with van der Waals surface area (Å²) >= 11 is 0. The molecule has 1 saturated heterocycles. The summed E-state index contributed by atoms with van der Waals surface area (Å²) < 4.78 is 41.5. The topological polar surface area (TPSA) is 74.6 Å². The van der Waals surface area contributed by atoms with Gasteiger partial charge < -0.3 is 15.1 Å². The molecule has 24 heavy (non-hydrogen) atoms. The van der Waals surface area contributed by atoms with Crippen LogP contribution in [0.4, 0.5) is 13.2 Å². The number of carbonyl (C=O) groups is 2. The molecule has 134 valence electrons. The number of alkyl halides is 3.